The van der Waals surface area contributed by atoms with Gasteiger partial charge < -0.3 is 25.4 Å². The first kappa shape index (κ1) is 47.6. The van der Waals surface area contributed by atoms with Crippen molar-refractivity contribution < 1.29 is 60.2 Å². The van der Waals surface area contributed by atoms with E-state index in [1.165, 1.54) is 53.4 Å². The van der Waals surface area contributed by atoms with Crippen LogP contribution in [-0.4, -0.2) is 62.1 Å². The third kappa shape index (κ3) is 10.7. The fraction of sp³-hybridized carbons (Fsp3) is 0.119. The van der Waals surface area contributed by atoms with Gasteiger partial charge >= 0.3 is 0 Å². The summed E-state index contributed by atoms with van der Waals surface area (Å²) >= 11 is 13.0. The Hall–Kier alpha value is -6.34. The maximum absolute atomic E-state index is 14.3. The molecule has 1 atom stereocenters. The third-order valence-electron chi connectivity index (χ3n) is 9.73. The molecule has 0 radical (unpaired) electrons. The molecule has 6 aromatic rings. The normalized spacial score (nSPS) is 13.1. The van der Waals surface area contributed by atoms with Crippen molar-refractivity contribution in [3.8, 4) is 11.5 Å². The van der Waals surface area contributed by atoms with Crippen LogP contribution in [0.2, 0.25) is 10.0 Å². The summed E-state index contributed by atoms with van der Waals surface area (Å²) in [5.74, 6) is -3.00. The highest BCUT2D eigenvalue weighted by Crippen LogP contribution is 2.47. The molecule has 0 aliphatic carbocycles. The van der Waals surface area contributed by atoms with E-state index in [9.17, 15) is 40.9 Å². The van der Waals surface area contributed by atoms with Gasteiger partial charge in [0.25, 0.3) is 38.1 Å². The van der Waals surface area contributed by atoms with E-state index in [-0.39, 0.29) is 71.3 Å². The standard InChI is InChI=1S/C42H34Cl2N6O13S3/c1-22-7-13-31(44)33(17-22)49-65(56,57)28-12-14-30(43)32(20-28)46-41(53)40(42(54)50-16-15-24-5-3-4-6-35(24)50)61-27-10-8-26(9-11-27)47-48-38-36(64-63-62-55)19-25-18-29(66(58,59)60)21-34(45-23(2)51)37(25)39(38)52/h3-14,17-21,40,49,52,55H,15-16H2,1-2H3,(H,45,51)(H,46,53)(H,58,59,60). The number of ether oxygens (including phenoxy) is 1. The number of phenols is 1. The summed E-state index contributed by atoms with van der Waals surface area (Å²) in [5.41, 5.74) is 1.80. The number of amides is 3. The molecule has 1 aliphatic rings. The number of phenolic OH excluding ortho intramolecular Hbond substituents is 1. The van der Waals surface area contributed by atoms with Gasteiger partial charge in [-0.2, -0.15) is 13.5 Å². The van der Waals surface area contributed by atoms with E-state index < -0.39 is 54.6 Å². The van der Waals surface area contributed by atoms with Crippen molar-refractivity contribution >= 4 is 118 Å². The van der Waals surface area contributed by atoms with Crippen LogP contribution in [0, 0.1) is 6.92 Å². The van der Waals surface area contributed by atoms with Crippen molar-refractivity contribution in [3.63, 3.8) is 0 Å². The Morgan fingerprint density at radius 2 is 1.53 bits per heavy atom. The summed E-state index contributed by atoms with van der Waals surface area (Å²) in [4.78, 5) is 40.9. The Bertz CT molecular complexity index is 3180. The molecule has 19 nitrogen and oxygen atoms in total. The molecule has 0 saturated carbocycles. The van der Waals surface area contributed by atoms with Crippen LogP contribution < -0.4 is 25.0 Å². The second-order valence-corrected chi connectivity index (χ2v) is 19.0. The lowest BCUT2D eigenvalue weighted by Crippen LogP contribution is -2.48. The molecular formula is C42H34Cl2N6O13S3. The number of para-hydroxylation sites is 1. The summed E-state index contributed by atoms with van der Waals surface area (Å²) in [7, 11) is -9.05. The molecule has 0 bridgehead atoms. The average molecular weight is 998 g/mol. The average Bonchev–Trinajstić information content (AvgIpc) is 3.70. The first-order valence-electron chi connectivity index (χ1n) is 19.0. The van der Waals surface area contributed by atoms with Gasteiger partial charge in [0.1, 0.15) is 11.4 Å². The maximum Gasteiger partial charge on any atom is 0.294 e. The molecular weight excluding hydrogens is 964 g/mol. The highest BCUT2D eigenvalue weighted by molar-refractivity contribution is 7.94. The number of nitrogens with zero attached hydrogens (tertiary/aromatic N) is 3. The number of carbonyl (C=O) groups excluding carboxylic acids is 3. The number of hydrogen-bond donors (Lipinski definition) is 6. The lowest BCUT2D eigenvalue weighted by atomic mass is 10.1. The van der Waals surface area contributed by atoms with Crippen LogP contribution in [0.15, 0.2) is 128 Å². The van der Waals surface area contributed by atoms with Gasteiger partial charge in [-0.05, 0) is 109 Å². The molecule has 1 heterocycles. The molecule has 66 heavy (non-hydrogen) atoms. The summed E-state index contributed by atoms with van der Waals surface area (Å²) in [6.45, 7) is 3.13. The van der Waals surface area contributed by atoms with Gasteiger partial charge in [0, 0.05) is 24.5 Å². The fourth-order valence-corrected chi connectivity index (χ4v) is 9.28. The second-order valence-electron chi connectivity index (χ2n) is 14.3. The van der Waals surface area contributed by atoms with E-state index >= 15 is 0 Å². The molecule has 6 N–H and O–H groups in total. The lowest BCUT2D eigenvalue weighted by Gasteiger charge is -2.24. The Morgan fingerprint density at radius 1 is 0.833 bits per heavy atom. The number of halogens is 2. The molecule has 0 saturated heterocycles. The summed E-state index contributed by atoms with van der Waals surface area (Å²) < 4.78 is 73.7. The number of anilines is 4. The molecule has 6 aromatic carbocycles. The number of benzene rings is 6. The van der Waals surface area contributed by atoms with Crippen molar-refractivity contribution in [1.82, 2.24) is 0 Å². The highest BCUT2D eigenvalue weighted by Gasteiger charge is 2.37. The Morgan fingerprint density at radius 3 is 2.24 bits per heavy atom. The van der Waals surface area contributed by atoms with Crippen LogP contribution in [0.5, 0.6) is 11.5 Å². The van der Waals surface area contributed by atoms with Gasteiger partial charge in [0.2, 0.25) is 5.91 Å². The van der Waals surface area contributed by atoms with Gasteiger partial charge in [-0.15, -0.1) is 9.45 Å². The molecule has 342 valence electrons. The van der Waals surface area contributed by atoms with Gasteiger partial charge in [-0.25, -0.2) is 13.7 Å². The number of fused-ring (bicyclic) bond motifs is 2. The van der Waals surface area contributed by atoms with Crippen molar-refractivity contribution in [2.45, 2.75) is 41.1 Å². The van der Waals surface area contributed by atoms with Gasteiger partial charge in [0.05, 0.1) is 59.5 Å². The number of hydrogen-bond acceptors (Lipinski definition) is 15. The zero-order chi connectivity index (χ0) is 47.5. The number of azo groups is 1. The third-order valence-corrected chi connectivity index (χ3v) is 13.2. The fourth-order valence-electron chi connectivity index (χ4n) is 6.76. The minimum absolute atomic E-state index is 0.00414. The smallest absolute Gasteiger partial charge is 0.294 e. The predicted octanol–water partition coefficient (Wildman–Crippen LogP) is 8.99. The molecule has 3 amide bonds. The summed E-state index contributed by atoms with van der Waals surface area (Å²) in [5, 5.41) is 37.2. The molecule has 7 rings (SSSR count). The SMILES string of the molecule is CC(=O)Nc1cc(S(=O)(=O)O)cc2cc(SOOO)c(N=Nc3ccc(OC(C(=O)Nc4cc(S(=O)(=O)Nc5cc(C)ccc5Cl)ccc4Cl)C(=O)N4CCc5ccccc54)cc3)c(O)c12. The number of aryl methyl sites for hydroxylation is 1. The molecule has 0 spiro atoms. The van der Waals surface area contributed by atoms with Crippen LogP contribution in [0.4, 0.5) is 34.1 Å². The van der Waals surface area contributed by atoms with Gasteiger partial charge in [-0.3, -0.25) is 23.7 Å². The molecule has 1 aliphatic heterocycles. The van der Waals surface area contributed by atoms with Gasteiger partial charge in [0.15, 0.2) is 5.75 Å². The number of sulfonamides is 1. The van der Waals surface area contributed by atoms with E-state index in [2.05, 4.69) is 35.0 Å². The quantitative estimate of drug-likeness (QED) is 0.0140. The second kappa shape index (κ2) is 19.6. The van der Waals surface area contributed by atoms with Crippen LogP contribution in [0.25, 0.3) is 10.8 Å². The maximum atomic E-state index is 14.3. The molecule has 24 heteroatoms. The van der Waals surface area contributed by atoms with Crippen LogP contribution in [0.1, 0.15) is 18.1 Å². The lowest BCUT2D eigenvalue weighted by molar-refractivity contribution is -0.432. The van der Waals surface area contributed by atoms with Crippen LogP contribution in [-0.2, 0) is 50.3 Å². The van der Waals surface area contributed by atoms with E-state index in [0.29, 0.717) is 24.2 Å². The number of nitrogens with one attached hydrogen (secondary N) is 3. The first-order chi connectivity index (χ1) is 31.3. The Balaban J connectivity index is 1.19. The first-order valence-corrected chi connectivity index (χ1v) is 23.5. The Labute approximate surface area is 390 Å². The highest BCUT2D eigenvalue weighted by atomic mass is 35.5. The van der Waals surface area contributed by atoms with E-state index in [1.807, 2.05) is 12.1 Å². The minimum Gasteiger partial charge on any atom is -0.505 e. The largest absolute Gasteiger partial charge is 0.505 e. The molecule has 0 aromatic heterocycles. The summed E-state index contributed by atoms with van der Waals surface area (Å²) in [6.07, 6.45) is -1.35. The molecule has 0 fully saturated rings. The van der Waals surface area contributed by atoms with Crippen molar-refractivity contribution in [2.75, 3.05) is 26.8 Å². The number of carbonyl (C=O) groups is 3. The monoisotopic (exact) mass is 996 g/mol. The van der Waals surface area contributed by atoms with E-state index in [4.69, 9.17) is 33.2 Å². The summed E-state index contributed by atoms with van der Waals surface area (Å²) in [6, 6.07) is 24.3. The van der Waals surface area contributed by atoms with Crippen molar-refractivity contribution in [3.05, 3.63) is 124 Å². The van der Waals surface area contributed by atoms with E-state index in [1.54, 1.807) is 31.2 Å². The zero-order valence-corrected chi connectivity index (χ0v) is 38.0. The van der Waals surface area contributed by atoms with Crippen molar-refractivity contribution in [1.29, 1.82) is 0 Å². The van der Waals surface area contributed by atoms with Crippen LogP contribution in [0.3, 0.4) is 0 Å². The number of rotatable bonds is 15. The Kier molecular flexibility index (Phi) is 14.2. The van der Waals surface area contributed by atoms with Crippen molar-refractivity contribution in [2.24, 2.45) is 10.2 Å². The zero-order valence-electron chi connectivity index (χ0n) is 34.1. The number of aromatic hydroxyl groups is 1. The van der Waals surface area contributed by atoms with Gasteiger partial charge in [-0.1, -0.05) is 52.5 Å². The molecule has 1 unspecified atom stereocenters. The van der Waals surface area contributed by atoms with Crippen LogP contribution >= 0.6 is 35.2 Å². The van der Waals surface area contributed by atoms with E-state index in [0.717, 1.165) is 36.2 Å². The topological polar surface area (TPSA) is 272 Å². The minimum atomic E-state index is -4.78. The predicted molar refractivity (Wildman–Crippen MR) is 245 cm³/mol.